The molecule has 0 atom stereocenters. The Hall–Kier alpha value is -1.50. The molecular formula is C17H24N2O. The highest BCUT2D eigenvalue weighted by molar-refractivity contribution is 5.33. The second-order valence-electron chi connectivity index (χ2n) is 5.68. The van der Waals surface area contributed by atoms with Crippen molar-refractivity contribution in [2.45, 2.75) is 31.3 Å². The fourth-order valence-corrected chi connectivity index (χ4v) is 2.71. The third-order valence-corrected chi connectivity index (χ3v) is 4.29. The summed E-state index contributed by atoms with van der Waals surface area (Å²) in [6, 6.07) is 8.06. The number of benzene rings is 1. The van der Waals surface area contributed by atoms with Crippen LogP contribution < -0.4 is 10.1 Å². The van der Waals surface area contributed by atoms with Gasteiger partial charge in [-0.25, -0.2) is 0 Å². The summed E-state index contributed by atoms with van der Waals surface area (Å²) in [5.41, 5.74) is 1.50. The molecular weight excluding hydrogens is 248 g/mol. The van der Waals surface area contributed by atoms with E-state index >= 15 is 0 Å². The van der Waals surface area contributed by atoms with Crippen LogP contribution in [0.4, 0.5) is 0 Å². The molecule has 1 N–H and O–H groups in total. The largest absolute Gasteiger partial charge is 0.481 e. The van der Waals surface area contributed by atoms with E-state index in [-0.39, 0.29) is 0 Å². The van der Waals surface area contributed by atoms with Crippen molar-refractivity contribution in [2.75, 3.05) is 27.2 Å². The highest BCUT2D eigenvalue weighted by atomic mass is 16.5. The van der Waals surface area contributed by atoms with Crippen LogP contribution in [0.1, 0.15) is 24.8 Å². The first-order chi connectivity index (χ1) is 9.68. The van der Waals surface area contributed by atoms with Crippen molar-refractivity contribution in [3.05, 3.63) is 29.8 Å². The summed E-state index contributed by atoms with van der Waals surface area (Å²) in [6.45, 7) is 2.15. The molecule has 0 radical (unpaired) electrons. The van der Waals surface area contributed by atoms with E-state index in [0.29, 0.717) is 12.1 Å². The number of terminal acetylenes is 1. The number of nitrogens with zero attached hydrogens (tertiary/aromatic N) is 1. The minimum atomic E-state index is 0.318. The Bertz CT molecular complexity index is 472. The van der Waals surface area contributed by atoms with E-state index in [1.54, 1.807) is 0 Å². The van der Waals surface area contributed by atoms with Crippen molar-refractivity contribution in [1.29, 1.82) is 0 Å². The van der Waals surface area contributed by atoms with Gasteiger partial charge in [0, 0.05) is 24.2 Å². The summed E-state index contributed by atoms with van der Waals surface area (Å²) in [4.78, 5) is 2.35. The molecule has 0 spiro atoms. The number of likely N-dealkylation sites (N-methyl/N-ethyl adjacent to an activating group) is 1. The van der Waals surface area contributed by atoms with Gasteiger partial charge in [-0.3, -0.25) is 0 Å². The van der Waals surface area contributed by atoms with Gasteiger partial charge in [0.15, 0.2) is 0 Å². The maximum absolute atomic E-state index is 5.57. The smallest absolute Gasteiger partial charge is 0.148 e. The van der Waals surface area contributed by atoms with Crippen LogP contribution >= 0.6 is 0 Å². The van der Waals surface area contributed by atoms with E-state index in [2.05, 4.69) is 36.3 Å². The SMILES string of the molecule is C#CCOc1ccccc1CNCC1(N(C)C)CCC1. The van der Waals surface area contributed by atoms with E-state index in [4.69, 9.17) is 11.2 Å². The lowest BCUT2D eigenvalue weighted by Crippen LogP contribution is -2.56. The van der Waals surface area contributed by atoms with E-state index in [0.717, 1.165) is 24.4 Å². The second kappa shape index (κ2) is 6.78. The monoisotopic (exact) mass is 272 g/mol. The van der Waals surface area contributed by atoms with Crippen molar-refractivity contribution in [2.24, 2.45) is 0 Å². The van der Waals surface area contributed by atoms with Gasteiger partial charge in [0.1, 0.15) is 12.4 Å². The van der Waals surface area contributed by atoms with Gasteiger partial charge in [-0.1, -0.05) is 24.1 Å². The maximum atomic E-state index is 5.57. The Balaban J connectivity index is 1.89. The standard InChI is InChI=1S/C17H24N2O/c1-4-12-20-16-9-6-5-8-15(16)13-18-14-17(19(2)3)10-7-11-17/h1,5-6,8-9,18H,7,10-14H2,2-3H3. The summed E-state index contributed by atoms with van der Waals surface area (Å²) < 4.78 is 5.57. The average molecular weight is 272 g/mol. The summed E-state index contributed by atoms with van der Waals surface area (Å²) in [5.74, 6) is 3.39. The molecule has 0 unspecified atom stereocenters. The highest BCUT2D eigenvalue weighted by Gasteiger charge is 2.38. The number of para-hydroxylation sites is 1. The Morgan fingerprint density at radius 2 is 2.10 bits per heavy atom. The predicted octanol–water partition coefficient (Wildman–Crippen LogP) is 2.27. The minimum absolute atomic E-state index is 0.318. The summed E-state index contributed by atoms with van der Waals surface area (Å²) in [7, 11) is 4.34. The van der Waals surface area contributed by atoms with Gasteiger partial charge in [0.2, 0.25) is 0 Å². The predicted molar refractivity (Wildman–Crippen MR) is 82.7 cm³/mol. The first-order valence-electron chi connectivity index (χ1n) is 7.20. The Kier molecular flexibility index (Phi) is 5.05. The zero-order valence-electron chi connectivity index (χ0n) is 12.5. The first kappa shape index (κ1) is 14.9. The molecule has 0 bridgehead atoms. The third kappa shape index (κ3) is 3.33. The van der Waals surface area contributed by atoms with Gasteiger partial charge in [-0.2, -0.15) is 0 Å². The van der Waals surface area contributed by atoms with E-state index in [1.807, 2.05) is 18.2 Å². The lowest BCUT2D eigenvalue weighted by atomic mass is 9.75. The Labute approximate surface area is 122 Å². The molecule has 3 heteroatoms. The molecule has 1 fully saturated rings. The lowest BCUT2D eigenvalue weighted by molar-refractivity contribution is 0.0597. The van der Waals surface area contributed by atoms with E-state index < -0.39 is 0 Å². The second-order valence-corrected chi connectivity index (χ2v) is 5.68. The van der Waals surface area contributed by atoms with Crippen LogP contribution in [0.2, 0.25) is 0 Å². The van der Waals surface area contributed by atoms with Crippen LogP contribution in [0.15, 0.2) is 24.3 Å². The van der Waals surface area contributed by atoms with Crippen LogP contribution in [0.5, 0.6) is 5.75 Å². The number of hydrogen-bond acceptors (Lipinski definition) is 3. The molecule has 0 amide bonds. The summed E-state index contributed by atoms with van der Waals surface area (Å²) in [5, 5.41) is 3.57. The molecule has 108 valence electrons. The molecule has 1 aromatic carbocycles. The molecule has 0 aliphatic heterocycles. The molecule has 1 aliphatic carbocycles. The Morgan fingerprint density at radius 1 is 1.35 bits per heavy atom. The fraction of sp³-hybridized carbons (Fsp3) is 0.529. The van der Waals surface area contributed by atoms with Gasteiger partial charge >= 0.3 is 0 Å². The van der Waals surface area contributed by atoms with Crippen molar-refractivity contribution in [1.82, 2.24) is 10.2 Å². The van der Waals surface area contributed by atoms with Crippen LogP contribution in [0.3, 0.4) is 0 Å². The van der Waals surface area contributed by atoms with Gasteiger partial charge < -0.3 is 15.0 Å². The van der Waals surface area contributed by atoms with Crippen LogP contribution in [-0.4, -0.2) is 37.7 Å². The van der Waals surface area contributed by atoms with Crippen LogP contribution in [-0.2, 0) is 6.54 Å². The molecule has 3 nitrogen and oxygen atoms in total. The minimum Gasteiger partial charge on any atom is -0.481 e. The zero-order valence-corrected chi connectivity index (χ0v) is 12.5. The quantitative estimate of drug-likeness (QED) is 0.771. The topological polar surface area (TPSA) is 24.5 Å². The van der Waals surface area contributed by atoms with Crippen molar-refractivity contribution >= 4 is 0 Å². The Morgan fingerprint density at radius 3 is 2.70 bits per heavy atom. The number of hydrogen-bond donors (Lipinski definition) is 1. The summed E-state index contributed by atoms with van der Waals surface area (Å²) in [6.07, 6.45) is 9.14. The van der Waals surface area contributed by atoms with Crippen LogP contribution in [0.25, 0.3) is 0 Å². The third-order valence-electron chi connectivity index (χ3n) is 4.29. The molecule has 1 saturated carbocycles. The summed E-state index contributed by atoms with van der Waals surface area (Å²) >= 11 is 0. The normalized spacial score (nSPS) is 16.5. The first-order valence-corrected chi connectivity index (χ1v) is 7.20. The maximum Gasteiger partial charge on any atom is 0.148 e. The highest BCUT2D eigenvalue weighted by Crippen LogP contribution is 2.35. The lowest BCUT2D eigenvalue weighted by Gasteiger charge is -2.47. The fourth-order valence-electron chi connectivity index (χ4n) is 2.71. The molecule has 2 rings (SSSR count). The van der Waals surface area contributed by atoms with E-state index in [1.165, 1.54) is 19.3 Å². The molecule has 1 aromatic rings. The van der Waals surface area contributed by atoms with Gasteiger partial charge in [0.05, 0.1) is 0 Å². The van der Waals surface area contributed by atoms with Crippen molar-refractivity contribution in [3.63, 3.8) is 0 Å². The molecule has 1 aliphatic rings. The number of ether oxygens (including phenoxy) is 1. The molecule has 0 saturated heterocycles. The number of nitrogens with one attached hydrogen (secondary N) is 1. The average Bonchev–Trinajstić information content (AvgIpc) is 2.40. The van der Waals surface area contributed by atoms with Gasteiger partial charge in [-0.15, -0.1) is 6.42 Å². The molecule has 20 heavy (non-hydrogen) atoms. The molecule has 0 heterocycles. The van der Waals surface area contributed by atoms with Crippen molar-refractivity contribution < 1.29 is 4.74 Å². The van der Waals surface area contributed by atoms with Crippen LogP contribution in [0, 0.1) is 12.3 Å². The molecule has 0 aromatic heterocycles. The van der Waals surface area contributed by atoms with Gasteiger partial charge in [-0.05, 0) is 39.4 Å². The zero-order chi connectivity index (χ0) is 14.4. The van der Waals surface area contributed by atoms with Gasteiger partial charge in [0.25, 0.3) is 0 Å². The van der Waals surface area contributed by atoms with Crippen molar-refractivity contribution in [3.8, 4) is 18.1 Å². The van der Waals surface area contributed by atoms with E-state index in [9.17, 15) is 0 Å². The number of rotatable bonds is 7.